The Morgan fingerprint density at radius 3 is 2.38 bits per heavy atom. The van der Waals surface area contributed by atoms with Crippen LogP contribution in [0.1, 0.15) is 17.4 Å². The first-order chi connectivity index (χ1) is 15.3. The number of hydrogen-bond acceptors (Lipinski definition) is 7. The van der Waals surface area contributed by atoms with E-state index in [1.54, 1.807) is 23.1 Å². The van der Waals surface area contributed by atoms with E-state index in [1.807, 2.05) is 29.0 Å². The van der Waals surface area contributed by atoms with Gasteiger partial charge in [-0.2, -0.15) is 0 Å². The Bertz CT molecular complexity index is 1400. The van der Waals surface area contributed by atoms with E-state index < -0.39 is 15.9 Å². The number of thiazole rings is 1. The van der Waals surface area contributed by atoms with Gasteiger partial charge in [0.2, 0.25) is 5.91 Å². The number of hydrogen-bond donors (Lipinski definition) is 2. The van der Waals surface area contributed by atoms with Crippen LogP contribution in [-0.4, -0.2) is 36.7 Å². The van der Waals surface area contributed by atoms with Gasteiger partial charge in [0.15, 0.2) is 4.96 Å². The monoisotopic (exact) mass is 470 g/mol. The molecule has 4 rings (SSSR count). The van der Waals surface area contributed by atoms with E-state index in [0.717, 1.165) is 23.9 Å². The van der Waals surface area contributed by atoms with Crippen LogP contribution in [0.2, 0.25) is 0 Å². The number of amides is 2. The van der Waals surface area contributed by atoms with Gasteiger partial charge in [0.25, 0.3) is 15.9 Å². The molecule has 2 heterocycles. The van der Waals surface area contributed by atoms with Gasteiger partial charge >= 0.3 is 0 Å². The fourth-order valence-corrected chi connectivity index (χ4v) is 4.85. The van der Waals surface area contributed by atoms with Crippen molar-refractivity contribution in [2.45, 2.75) is 11.8 Å². The summed E-state index contributed by atoms with van der Waals surface area (Å²) in [6.45, 7) is 1.11. The van der Waals surface area contributed by atoms with Crippen molar-refractivity contribution in [1.82, 2.24) is 14.1 Å². The highest BCUT2D eigenvalue weighted by Gasteiger charge is 2.18. The number of imidazole rings is 1. The normalized spacial score (nSPS) is 11.3. The maximum Gasteiger partial charge on any atom is 0.273 e. The molecule has 0 radical (unpaired) electrons. The molecule has 2 aromatic carbocycles. The highest BCUT2D eigenvalue weighted by atomic mass is 32.2. The number of methoxy groups -OCH3 is 1. The molecule has 0 bridgehead atoms. The Morgan fingerprint density at radius 1 is 1.06 bits per heavy atom. The predicted molar refractivity (Wildman–Crippen MR) is 120 cm³/mol. The highest BCUT2D eigenvalue weighted by molar-refractivity contribution is 7.90. The lowest BCUT2D eigenvalue weighted by molar-refractivity contribution is -0.117. The van der Waals surface area contributed by atoms with Gasteiger partial charge in [-0.05, 0) is 48.5 Å². The number of aromatic nitrogens is 2. The van der Waals surface area contributed by atoms with E-state index in [-0.39, 0.29) is 10.8 Å². The Morgan fingerprint density at radius 2 is 1.75 bits per heavy atom. The first-order valence-corrected chi connectivity index (χ1v) is 11.7. The molecule has 9 nitrogen and oxygen atoms in total. The van der Waals surface area contributed by atoms with Crippen molar-refractivity contribution in [1.29, 1.82) is 0 Å². The lowest BCUT2D eigenvalue weighted by atomic mass is 10.2. The topological polar surface area (TPSA) is 119 Å². The van der Waals surface area contributed by atoms with Crippen molar-refractivity contribution < 1.29 is 22.7 Å². The summed E-state index contributed by atoms with van der Waals surface area (Å²) >= 11 is 1.33. The van der Waals surface area contributed by atoms with Gasteiger partial charge in [-0.15, -0.1) is 11.3 Å². The zero-order valence-corrected chi connectivity index (χ0v) is 18.7. The maximum atomic E-state index is 12.8. The van der Waals surface area contributed by atoms with Gasteiger partial charge in [-0.25, -0.2) is 18.1 Å². The van der Waals surface area contributed by atoms with Crippen molar-refractivity contribution in [2.24, 2.45) is 0 Å². The molecule has 0 aliphatic heterocycles. The molecule has 0 unspecified atom stereocenters. The third-order valence-corrected chi connectivity index (χ3v) is 6.82. The lowest BCUT2D eigenvalue weighted by Crippen LogP contribution is -2.28. The SMILES string of the molecule is COc1ccc(-c2cn3c(C(=O)Nc4ccc(S(=O)(=O)NC(C)=O)cc4)csc3n2)cc1. The molecule has 2 N–H and O–H groups in total. The van der Waals surface area contributed by atoms with Crippen LogP contribution in [0, 0.1) is 0 Å². The molecule has 2 amide bonds. The number of carbonyl (C=O) groups excluding carboxylic acids is 2. The summed E-state index contributed by atoms with van der Waals surface area (Å²) < 4.78 is 32.8. The van der Waals surface area contributed by atoms with Crippen molar-refractivity contribution in [3.05, 3.63) is 65.8 Å². The molecule has 164 valence electrons. The van der Waals surface area contributed by atoms with Gasteiger partial charge in [-0.1, -0.05) is 0 Å². The summed E-state index contributed by atoms with van der Waals surface area (Å²) in [4.78, 5) is 29.0. The van der Waals surface area contributed by atoms with Gasteiger partial charge < -0.3 is 10.1 Å². The predicted octanol–water partition coefficient (Wildman–Crippen LogP) is 3.15. The third-order valence-electron chi connectivity index (χ3n) is 4.53. The molecule has 4 aromatic rings. The number of nitrogens with one attached hydrogen (secondary N) is 2. The second-order valence-corrected chi connectivity index (χ2v) is 9.29. The molecule has 0 spiro atoms. The van der Waals surface area contributed by atoms with Crippen LogP contribution in [0.15, 0.2) is 65.0 Å². The van der Waals surface area contributed by atoms with Crippen molar-refractivity contribution in [3.63, 3.8) is 0 Å². The van der Waals surface area contributed by atoms with Gasteiger partial charge in [0, 0.05) is 29.8 Å². The molecule has 32 heavy (non-hydrogen) atoms. The Balaban J connectivity index is 1.54. The molecule has 2 aromatic heterocycles. The number of rotatable bonds is 6. The van der Waals surface area contributed by atoms with Crippen molar-refractivity contribution >= 4 is 43.8 Å². The molecule has 0 aliphatic rings. The molecule has 0 saturated heterocycles. The van der Waals surface area contributed by atoms with E-state index in [1.165, 1.54) is 35.6 Å². The summed E-state index contributed by atoms with van der Waals surface area (Å²) in [5.41, 5.74) is 2.42. The third kappa shape index (κ3) is 4.34. The van der Waals surface area contributed by atoms with E-state index in [0.29, 0.717) is 16.3 Å². The van der Waals surface area contributed by atoms with E-state index in [4.69, 9.17) is 4.74 Å². The van der Waals surface area contributed by atoms with Crippen LogP contribution in [0.25, 0.3) is 16.2 Å². The van der Waals surface area contributed by atoms with Gasteiger partial charge in [-0.3, -0.25) is 14.0 Å². The van der Waals surface area contributed by atoms with Crippen LogP contribution in [0.5, 0.6) is 5.75 Å². The zero-order chi connectivity index (χ0) is 22.9. The van der Waals surface area contributed by atoms with Crippen LogP contribution >= 0.6 is 11.3 Å². The standard InChI is InChI=1S/C21H18N4O5S2/c1-13(26)24-32(28,29)17-9-5-15(6-10-17)22-20(27)19-12-31-21-23-18(11-25(19)21)14-3-7-16(30-2)8-4-14/h3-12H,1-2H3,(H,22,27)(H,24,26). The molecule has 11 heteroatoms. The second kappa shape index (κ2) is 8.44. The highest BCUT2D eigenvalue weighted by Crippen LogP contribution is 2.26. The molecular weight excluding hydrogens is 452 g/mol. The van der Waals surface area contributed by atoms with E-state index in [9.17, 15) is 18.0 Å². The number of carbonyl (C=O) groups is 2. The summed E-state index contributed by atoms with van der Waals surface area (Å²) in [7, 11) is -2.34. The Hall–Kier alpha value is -3.70. The fraction of sp³-hybridized carbons (Fsp3) is 0.0952. The van der Waals surface area contributed by atoms with Crippen molar-refractivity contribution in [3.8, 4) is 17.0 Å². The Labute approximate surface area is 187 Å². The molecular formula is C21H18N4O5S2. The van der Waals surface area contributed by atoms with Crippen LogP contribution in [0.3, 0.4) is 0 Å². The van der Waals surface area contributed by atoms with E-state index >= 15 is 0 Å². The maximum absolute atomic E-state index is 12.8. The van der Waals surface area contributed by atoms with Crippen LogP contribution < -0.4 is 14.8 Å². The second-order valence-electron chi connectivity index (χ2n) is 6.77. The molecule has 0 atom stereocenters. The smallest absolute Gasteiger partial charge is 0.273 e. The molecule has 0 fully saturated rings. The quantitative estimate of drug-likeness (QED) is 0.447. The Kier molecular flexibility index (Phi) is 5.68. The number of nitrogens with zero attached hydrogens (tertiary/aromatic N) is 2. The van der Waals surface area contributed by atoms with Crippen LogP contribution in [0.4, 0.5) is 5.69 Å². The fourth-order valence-electron chi connectivity index (χ4n) is 3.01. The number of benzene rings is 2. The van der Waals surface area contributed by atoms with E-state index in [2.05, 4.69) is 10.3 Å². The lowest BCUT2D eigenvalue weighted by Gasteiger charge is -2.07. The van der Waals surface area contributed by atoms with Gasteiger partial charge in [0.1, 0.15) is 11.4 Å². The average molecular weight is 471 g/mol. The minimum absolute atomic E-state index is 0.0811. The average Bonchev–Trinajstić information content (AvgIpc) is 3.34. The summed E-state index contributed by atoms with van der Waals surface area (Å²) in [5.74, 6) is -0.309. The first-order valence-electron chi connectivity index (χ1n) is 9.32. The molecule has 0 saturated carbocycles. The zero-order valence-electron chi connectivity index (χ0n) is 17.0. The number of anilines is 1. The number of ether oxygens (including phenoxy) is 1. The van der Waals surface area contributed by atoms with Gasteiger partial charge in [0.05, 0.1) is 17.7 Å². The number of sulfonamides is 1. The first kappa shape index (κ1) is 21.5. The summed E-state index contributed by atoms with van der Waals surface area (Å²) in [6.07, 6.45) is 1.78. The molecule has 0 aliphatic carbocycles. The van der Waals surface area contributed by atoms with Crippen LogP contribution in [-0.2, 0) is 14.8 Å². The summed E-state index contributed by atoms with van der Waals surface area (Å²) in [5, 5.41) is 4.44. The largest absolute Gasteiger partial charge is 0.497 e. The van der Waals surface area contributed by atoms with Crippen molar-refractivity contribution in [2.75, 3.05) is 12.4 Å². The minimum atomic E-state index is -3.94. The minimum Gasteiger partial charge on any atom is -0.497 e. The number of fused-ring (bicyclic) bond motifs is 1. The summed E-state index contributed by atoms with van der Waals surface area (Å²) in [6, 6.07) is 13.0.